The van der Waals surface area contributed by atoms with Crippen LogP contribution >= 0.6 is 0 Å². The van der Waals surface area contributed by atoms with Crippen LogP contribution in [0.3, 0.4) is 0 Å². The van der Waals surface area contributed by atoms with Gasteiger partial charge in [-0.05, 0) is 0 Å². The third kappa shape index (κ3) is 0.686. The zero-order valence-corrected chi connectivity index (χ0v) is 3.68. The van der Waals surface area contributed by atoms with Gasteiger partial charge in [0.15, 0.2) is 0 Å². The van der Waals surface area contributed by atoms with Crippen molar-refractivity contribution in [3.8, 4) is 6.07 Å². The second-order valence-corrected chi connectivity index (χ2v) is 1.15. The maximum absolute atomic E-state index is 8.10. The van der Waals surface area contributed by atoms with Crippen LogP contribution in [0.5, 0.6) is 0 Å². The van der Waals surface area contributed by atoms with Crippen molar-refractivity contribution in [3.05, 3.63) is 6.54 Å². The summed E-state index contributed by atoms with van der Waals surface area (Å²) < 4.78 is 0. The molecule has 1 aliphatic heterocycles. The lowest BCUT2D eigenvalue weighted by Gasteiger charge is -1.81. The van der Waals surface area contributed by atoms with Crippen LogP contribution in [0.15, 0.2) is 4.99 Å². The van der Waals surface area contributed by atoms with E-state index in [1.807, 2.05) is 6.07 Å². The Hall–Kier alpha value is -1.04. The molecule has 1 radical (unpaired) electrons. The third-order valence-electron chi connectivity index (χ3n) is 0.685. The molecule has 0 atom stereocenters. The van der Waals surface area contributed by atoms with Gasteiger partial charge in [0.25, 0.3) is 0 Å². The summed E-state index contributed by atoms with van der Waals surface area (Å²) >= 11 is 0. The first-order chi connectivity index (χ1) is 3.43. The van der Waals surface area contributed by atoms with E-state index in [2.05, 4.69) is 10.3 Å². The van der Waals surface area contributed by atoms with E-state index in [1.54, 1.807) is 6.54 Å². The van der Waals surface area contributed by atoms with E-state index in [0.717, 1.165) is 0 Å². The third-order valence-corrected chi connectivity index (χ3v) is 0.685. The Labute approximate surface area is 41.7 Å². The Morgan fingerprint density at radius 3 is 3.14 bits per heavy atom. The number of amidine groups is 1. The number of nitriles is 1. The lowest BCUT2D eigenvalue weighted by molar-refractivity contribution is 1.11. The van der Waals surface area contributed by atoms with Crippen LogP contribution in [0, 0.1) is 17.9 Å². The molecule has 0 aromatic rings. The molecule has 0 spiro atoms. The maximum Gasteiger partial charge on any atom is 0.201 e. The molecule has 1 rings (SSSR count). The van der Waals surface area contributed by atoms with Gasteiger partial charge in [0.2, 0.25) is 5.84 Å². The van der Waals surface area contributed by atoms with Crippen LogP contribution in [0.2, 0.25) is 0 Å². The molecule has 0 aromatic heterocycles. The molecule has 1 aliphatic rings. The lowest BCUT2D eigenvalue weighted by atomic mass is 10.7. The number of hydrogen-bond donors (Lipinski definition) is 1. The molecule has 0 bridgehead atoms. The lowest BCUT2D eigenvalue weighted by Crippen LogP contribution is -2.11. The average molecular weight is 94.1 g/mol. The summed E-state index contributed by atoms with van der Waals surface area (Å²) in [5.41, 5.74) is 0. The highest BCUT2D eigenvalue weighted by Crippen LogP contribution is 1.85. The van der Waals surface area contributed by atoms with Gasteiger partial charge in [-0.25, -0.2) is 0 Å². The molecule has 3 nitrogen and oxygen atoms in total. The second-order valence-electron chi connectivity index (χ2n) is 1.15. The average Bonchev–Trinajstić information content (AvgIpc) is 2.14. The van der Waals surface area contributed by atoms with Gasteiger partial charge in [-0.2, -0.15) is 5.26 Å². The molecule has 35 valence electrons. The Balaban J connectivity index is 2.57. The van der Waals surface area contributed by atoms with Crippen molar-refractivity contribution >= 4 is 5.84 Å². The molecule has 0 saturated heterocycles. The van der Waals surface area contributed by atoms with Gasteiger partial charge in [0.1, 0.15) is 6.07 Å². The smallest absolute Gasteiger partial charge is 0.201 e. The van der Waals surface area contributed by atoms with Crippen molar-refractivity contribution in [1.29, 1.82) is 5.26 Å². The fourth-order valence-electron chi connectivity index (χ4n) is 0.393. The van der Waals surface area contributed by atoms with Crippen molar-refractivity contribution < 1.29 is 0 Å². The molecular weight excluding hydrogens is 90.1 g/mol. The number of nitrogens with zero attached hydrogens (tertiary/aromatic N) is 2. The summed E-state index contributed by atoms with van der Waals surface area (Å²) in [6.45, 7) is 2.36. The summed E-state index contributed by atoms with van der Waals surface area (Å²) in [5.74, 6) is 0.417. The quantitative estimate of drug-likeness (QED) is 0.447. The maximum atomic E-state index is 8.10. The Morgan fingerprint density at radius 2 is 2.86 bits per heavy atom. The van der Waals surface area contributed by atoms with Crippen LogP contribution < -0.4 is 5.32 Å². The van der Waals surface area contributed by atoms with Gasteiger partial charge >= 0.3 is 0 Å². The van der Waals surface area contributed by atoms with Gasteiger partial charge in [0, 0.05) is 0 Å². The monoisotopic (exact) mass is 94.0 g/mol. The van der Waals surface area contributed by atoms with Crippen LogP contribution in [-0.4, -0.2) is 12.4 Å². The van der Waals surface area contributed by atoms with Crippen LogP contribution in [0.25, 0.3) is 0 Å². The number of aliphatic imine (C=N–C) groups is 1. The number of hydrogen-bond acceptors (Lipinski definition) is 3. The summed E-state index contributed by atoms with van der Waals surface area (Å²) in [6.07, 6.45) is 0. The zero-order valence-electron chi connectivity index (χ0n) is 3.68. The molecule has 3 heteroatoms. The highest BCUT2D eigenvalue weighted by Gasteiger charge is 2.00. The molecule has 0 fully saturated rings. The van der Waals surface area contributed by atoms with Gasteiger partial charge in [-0.3, -0.25) is 4.99 Å². The molecule has 7 heavy (non-hydrogen) atoms. The first-order valence-electron chi connectivity index (χ1n) is 1.96. The molecule has 1 heterocycles. The first kappa shape index (κ1) is 4.13. The molecular formula is C4H4N3. The van der Waals surface area contributed by atoms with E-state index in [9.17, 15) is 0 Å². The Morgan fingerprint density at radius 1 is 2.00 bits per heavy atom. The van der Waals surface area contributed by atoms with E-state index in [1.165, 1.54) is 0 Å². The summed E-state index contributed by atoms with van der Waals surface area (Å²) in [5, 5.41) is 10.8. The normalized spacial score (nSPS) is 17.3. The minimum absolute atomic E-state index is 0.417. The Bertz CT molecular complexity index is 130. The first-order valence-corrected chi connectivity index (χ1v) is 1.96. The number of rotatable bonds is 0. The van der Waals surface area contributed by atoms with Crippen molar-refractivity contribution in [3.63, 3.8) is 0 Å². The van der Waals surface area contributed by atoms with Crippen molar-refractivity contribution in [2.45, 2.75) is 0 Å². The minimum Gasteiger partial charge on any atom is -0.355 e. The predicted octanol–water partition coefficient (Wildman–Crippen LogP) is -0.327. The topological polar surface area (TPSA) is 48.2 Å². The van der Waals surface area contributed by atoms with Gasteiger partial charge in [-0.15, -0.1) is 0 Å². The highest BCUT2D eigenvalue weighted by atomic mass is 15.1. The SMILES string of the molecule is N#CC1=NC[CH]N1. The van der Waals surface area contributed by atoms with Gasteiger partial charge < -0.3 is 5.32 Å². The van der Waals surface area contributed by atoms with Gasteiger partial charge in [0.05, 0.1) is 13.1 Å². The fraction of sp³-hybridized carbons (Fsp3) is 0.250. The molecule has 0 aromatic carbocycles. The van der Waals surface area contributed by atoms with E-state index in [0.29, 0.717) is 12.4 Å². The zero-order chi connectivity index (χ0) is 5.11. The van der Waals surface area contributed by atoms with Crippen LogP contribution in [-0.2, 0) is 0 Å². The van der Waals surface area contributed by atoms with Crippen LogP contribution in [0.1, 0.15) is 0 Å². The van der Waals surface area contributed by atoms with Crippen molar-refractivity contribution in [2.75, 3.05) is 6.54 Å². The fourth-order valence-corrected chi connectivity index (χ4v) is 0.393. The van der Waals surface area contributed by atoms with E-state index < -0.39 is 0 Å². The second kappa shape index (κ2) is 1.61. The molecule has 0 saturated carbocycles. The largest absolute Gasteiger partial charge is 0.355 e. The van der Waals surface area contributed by atoms with E-state index in [-0.39, 0.29) is 0 Å². The highest BCUT2D eigenvalue weighted by molar-refractivity contribution is 5.98. The molecule has 0 amide bonds. The van der Waals surface area contributed by atoms with E-state index >= 15 is 0 Å². The standard InChI is InChI=1S/C4H4N3/c5-3-4-6-1-2-7-4/h1H,2H2,(H,6,7). The van der Waals surface area contributed by atoms with Crippen molar-refractivity contribution in [2.24, 2.45) is 4.99 Å². The summed E-state index contributed by atoms with van der Waals surface area (Å²) in [7, 11) is 0. The van der Waals surface area contributed by atoms with E-state index in [4.69, 9.17) is 5.26 Å². The van der Waals surface area contributed by atoms with Crippen LogP contribution in [0.4, 0.5) is 0 Å². The Kier molecular flexibility index (Phi) is 0.947. The summed E-state index contributed by atoms with van der Waals surface area (Å²) in [6, 6.07) is 1.87. The molecule has 0 unspecified atom stereocenters. The number of nitrogens with one attached hydrogen (secondary N) is 1. The van der Waals surface area contributed by atoms with Gasteiger partial charge in [-0.1, -0.05) is 0 Å². The predicted molar refractivity (Wildman–Crippen MR) is 25.4 cm³/mol. The summed E-state index contributed by atoms with van der Waals surface area (Å²) in [4.78, 5) is 3.74. The minimum atomic E-state index is 0.417. The van der Waals surface area contributed by atoms with Crippen molar-refractivity contribution in [1.82, 2.24) is 5.32 Å². The molecule has 1 N–H and O–H groups in total. The molecule has 0 aliphatic carbocycles.